The van der Waals surface area contributed by atoms with E-state index in [-0.39, 0.29) is 18.9 Å². The van der Waals surface area contributed by atoms with Crippen LogP contribution in [0, 0.1) is 0 Å². The summed E-state index contributed by atoms with van der Waals surface area (Å²) < 4.78 is 35.1. The van der Waals surface area contributed by atoms with Crippen LogP contribution in [0.2, 0.25) is 0 Å². The second-order valence-corrected chi connectivity index (χ2v) is 34.9. The lowest BCUT2D eigenvalue weighted by Crippen LogP contribution is -2.70. The van der Waals surface area contributed by atoms with Gasteiger partial charge in [0.15, 0.2) is 12.6 Å². The number of aliphatic hydroxyl groups excluding tert-OH is 11. The summed E-state index contributed by atoms with van der Waals surface area (Å²) in [7, 11) is 0. The number of unbranched alkanes of at least 4 members (excludes halogenated alkanes) is 55. The number of aliphatic carboxylic acids is 1. The van der Waals surface area contributed by atoms with Gasteiger partial charge in [0.05, 0.1) is 50.7 Å². The number of carboxylic acid groups (broad SMARTS) is 1. The van der Waals surface area contributed by atoms with Crippen LogP contribution in [0.5, 0.6) is 0 Å². The number of aliphatic hydroxyl groups is 11. The zero-order valence-electron chi connectivity index (χ0n) is 73.8. The van der Waals surface area contributed by atoms with Crippen LogP contribution in [0.25, 0.3) is 0 Å². The second-order valence-electron chi connectivity index (χ2n) is 34.9. The van der Waals surface area contributed by atoms with Gasteiger partial charge in [0.25, 0.3) is 5.79 Å². The third kappa shape index (κ3) is 49.5. The first-order valence-corrected chi connectivity index (χ1v) is 48.2. The smallest absolute Gasteiger partial charge is 0.364 e. The van der Waals surface area contributed by atoms with Crippen molar-refractivity contribution in [2.75, 3.05) is 26.4 Å². The highest BCUT2D eigenvalue weighted by Gasteiger charge is 2.60. The molecule has 23 nitrogen and oxygen atoms in total. The Morgan fingerprint density at radius 2 is 0.821 bits per heavy atom. The second kappa shape index (κ2) is 71.5. The maximum Gasteiger partial charge on any atom is 0.364 e. The summed E-state index contributed by atoms with van der Waals surface area (Å²) in [5.74, 6) is -6.09. The number of amides is 2. The average molecular weight is 1670 g/mol. The van der Waals surface area contributed by atoms with Gasteiger partial charge in [-0.25, -0.2) is 4.79 Å². The molecule has 2 amide bonds. The Morgan fingerprint density at radius 1 is 0.444 bits per heavy atom. The van der Waals surface area contributed by atoms with Gasteiger partial charge < -0.3 is 100 Å². The standard InChI is InChI=1S/C94H176N2O21/c1-4-6-8-10-12-14-16-18-20-22-24-26-28-30-31-32-33-34-35-36-37-38-39-40-41-42-43-44-46-48-50-52-54-56-58-60-62-64-66-68-81(104)96-75(76(101)67-65-63-61-59-57-55-53-51-49-47-45-29-27-25-23-21-19-17-15-13-11-9-7-5-2)73-112-91-86(108)85(107)88(80(72-99)114-91)115-92-87(109)90(84(106)79(71-98)113-92)117-94(93(110)111)69-77(102)82(95-74(3)100)89(116-94)83(105)78(103)70-97/h33-34,36-37,75-80,82-92,97-99,101-103,105-109H,4-32,35,38-73H2,1-3H3,(H,95,100)(H,96,104)(H,110,111)/b34-33-,37-36-. The Bertz CT molecular complexity index is 2400. The van der Waals surface area contributed by atoms with Crippen molar-refractivity contribution in [3.8, 4) is 0 Å². The SMILES string of the molecule is CCCCCCCCCCCCCCCCC/C=C\C/C=C\CCCCCCCCCCCCCCCCCCCC(=O)NC(COC1OC(CO)C(OC2OC(CO)C(O)C(OC3(C(=O)O)CC(O)C(NC(C)=O)C(C(O)C(O)CO)O3)C2O)C(O)C1O)C(O)CCCCCCCCCCCCCCCCCCCCCCCCCC. The number of carboxylic acids is 1. The number of carbonyl (C=O) groups is 3. The molecule has 3 saturated heterocycles. The normalized spacial score (nSPS) is 24.9. The molecule has 0 saturated carbocycles. The lowest BCUT2D eigenvalue weighted by atomic mass is 9.88. The lowest BCUT2D eigenvalue weighted by Gasteiger charge is -2.50. The topological polar surface area (TPSA) is 373 Å². The molecule has 0 bridgehead atoms. The van der Waals surface area contributed by atoms with E-state index in [1.807, 2.05) is 0 Å². The molecule has 3 fully saturated rings. The summed E-state index contributed by atoms with van der Waals surface area (Å²) in [6.45, 7) is 2.29. The number of carbonyl (C=O) groups excluding carboxylic acids is 2. The van der Waals surface area contributed by atoms with E-state index in [1.54, 1.807) is 0 Å². The number of rotatable bonds is 79. The van der Waals surface area contributed by atoms with Crippen LogP contribution < -0.4 is 10.6 Å². The maximum absolute atomic E-state index is 13.6. The summed E-state index contributed by atoms with van der Waals surface area (Å²) in [6.07, 6.45) is 56.3. The van der Waals surface area contributed by atoms with Crippen molar-refractivity contribution in [1.29, 1.82) is 0 Å². The lowest BCUT2D eigenvalue weighted by molar-refractivity contribution is -0.386. The predicted octanol–water partition coefficient (Wildman–Crippen LogP) is 16.6. The zero-order chi connectivity index (χ0) is 85.2. The molecular formula is C94H176N2O21. The molecule has 3 aliphatic heterocycles. The van der Waals surface area contributed by atoms with Crippen LogP contribution in [-0.4, -0.2) is 215 Å². The highest BCUT2D eigenvalue weighted by molar-refractivity contribution is 5.77. The van der Waals surface area contributed by atoms with Crippen molar-refractivity contribution in [3.63, 3.8) is 0 Å². The molecule has 14 N–H and O–H groups in total. The molecule has 0 aromatic heterocycles. The monoisotopic (exact) mass is 1670 g/mol. The molecule has 117 heavy (non-hydrogen) atoms. The third-order valence-electron chi connectivity index (χ3n) is 24.4. The molecule has 0 aliphatic carbocycles. The number of ether oxygens (including phenoxy) is 6. The molecular weight excluding hydrogens is 1490 g/mol. The largest absolute Gasteiger partial charge is 0.477 e. The van der Waals surface area contributed by atoms with Gasteiger partial charge in [-0.2, -0.15) is 0 Å². The van der Waals surface area contributed by atoms with Crippen molar-refractivity contribution in [3.05, 3.63) is 24.3 Å². The highest BCUT2D eigenvalue weighted by atomic mass is 16.8. The number of hydrogen-bond donors (Lipinski definition) is 14. The molecule has 3 rings (SSSR count). The minimum absolute atomic E-state index is 0.226. The predicted molar refractivity (Wildman–Crippen MR) is 463 cm³/mol. The van der Waals surface area contributed by atoms with Crippen LogP contribution in [0.3, 0.4) is 0 Å². The molecule has 0 aromatic rings. The fourth-order valence-corrected chi connectivity index (χ4v) is 16.9. The van der Waals surface area contributed by atoms with Crippen molar-refractivity contribution < 1.29 is 104 Å². The summed E-state index contributed by atoms with van der Waals surface area (Å²) in [6, 6.07) is -2.53. The van der Waals surface area contributed by atoms with E-state index in [0.717, 1.165) is 64.7 Å². The summed E-state index contributed by atoms with van der Waals surface area (Å²) in [5, 5.41) is 137. The molecule has 18 unspecified atom stereocenters. The number of nitrogens with one attached hydrogen (secondary N) is 2. The van der Waals surface area contributed by atoms with E-state index in [2.05, 4.69) is 48.8 Å². The van der Waals surface area contributed by atoms with Crippen molar-refractivity contribution in [2.45, 2.75) is 529 Å². The molecule has 23 heteroatoms. The van der Waals surface area contributed by atoms with Crippen LogP contribution in [0.15, 0.2) is 24.3 Å². The van der Waals surface area contributed by atoms with Gasteiger partial charge in [-0.1, -0.05) is 378 Å². The Balaban J connectivity index is 1.40. The summed E-state index contributed by atoms with van der Waals surface area (Å²) in [5.41, 5.74) is 0. The minimum Gasteiger partial charge on any atom is -0.477 e. The van der Waals surface area contributed by atoms with Gasteiger partial charge >= 0.3 is 5.97 Å². The van der Waals surface area contributed by atoms with Crippen LogP contribution in [0.1, 0.15) is 419 Å². The summed E-state index contributed by atoms with van der Waals surface area (Å²) in [4.78, 5) is 38.9. The highest BCUT2D eigenvalue weighted by Crippen LogP contribution is 2.39. The Kier molecular flexibility index (Phi) is 66.2. The fourth-order valence-electron chi connectivity index (χ4n) is 16.9. The minimum atomic E-state index is -3.08. The average Bonchev–Trinajstić information content (AvgIpc) is 0.751. The van der Waals surface area contributed by atoms with E-state index < -0.39 is 148 Å². The first kappa shape index (κ1) is 108. The van der Waals surface area contributed by atoms with Crippen LogP contribution >= 0.6 is 0 Å². The van der Waals surface area contributed by atoms with Gasteiger partial charge in [-0.3, -0.25) is 9.59 Å². The first-order chi connectivity index (χ1) is 56.9. The maximum atomic E-state index is 13.6. The van der Waals surface area contributed by atoms with E-state index in [4.69, 9.17) is 28.4 Å². The fraction of sp³-hybridized carbons (Fsp3) is 0.926. The molecule has 0 radical (unpaired) electrons. The molecule has 0 aromatic carbocycles. The molecule has 3 heterocycles. The van der Waals surface area contributed by atoms with E-state index in [0.29, 0.717) is 19.3 Å². The van der Waals surface area contributed by atoms with Crippen molar-refractivity contribution in [1.82, 2.24) is 10.6 Å². The number of hydrogen-bond acceptors (Lipinski definition) is 20. The van der Waals surface area contributed by atoms with E-state index in [9.17, 15) is 75.7 Å². The first-order valence-electron chi connectivity index (χ1n) is 48.2. The third-order valence-corrected chi connectivity index (χ3v) is 24.4. The molecule has 18 atom stereocenters. The van der Waals surface area contributed by atoms with Gasteiger partial charge in [0.2, 0.25) is 11.8 Å². The molecule has 688 valence electrons. The van der Waals surface area contributed by atoms with Crippen molar-refractivity contribution in [2.24, 2.45) is 0 Å². The van der Waals surface area contributed by atoms with Gasteiger partial charge in [0.1, 0.15) is 67.1 Å². The van der Waals surface area contributed by atoms with Crippen LogP contribution in [0.4, 0.5) is 0 Å². The Morgan fingerprint density at radius 3 is 1.20 bits per heavy atom. The Hall–Kier alpha value is -2.79. The van der Waals surface area contributed by atoms with Crippen LogP contribution in [-0.2, 0) is 42.8 Å². The number of allylic oxidation sites excluding steroid dienone is 4. The van der Waals surface area contributed by atoms with E-state index >= 15 is 0 Å². The zero-order valence-corrected chi connectivity index (χ0v) is 73.8. The Labute approximate surface area is 708 Å². The van der Waals surface area contributed by atoms with Crippen molar-refractivity contribution >= 4 is 17.8 Å². The molecule has 0 spiro atoms. The van der Waals surface area contributed by atoms with Gasteiger partial charge in [-0.15, -0.1) is 0 Å². The summed E-state index contributed by atoms with van der Waals surface area (Å²) >= 11 is 0. The quantitative estimate of drug-likeness (QED) is 0.0199. The van der Waals surface area contributed by atoms with Gasteiger partial charge in [0, 0.05) is 19.8 Å². The molecule has 3 aliphatic rings. The van der Waals surface area contributed by atoms with E-state index in [1.165, 1.54) is 308 Å². The van der Waals surface area contributed by atoms with Gasteiger partial charge in [-0.05, 0) is 44.9 Å².